The standard InChI is InChI=1S/C26H34O7/c1-14(27)32-19-13-25(3)18(6-9-26(25)10-7-20(29)33-26)21-17(23(30)31-4)12-15-11-16(28)5-8-24(15,2)22(19)21/h11,17-19,21-22H,5-10,12-13H2,1-4H3/t17-,18?,19-,21?,22+,24?,25?,26?/m1/s1. The highest BCUT2D eigenvalue weighted by Crippen LogP contribution is 2.71. The highest BCUT2D eigenvalue weighted by atomic mass is 16.6. The van der Waals surface area contributed by atoms with Gasteiger partial charge in [0.2, 0.25) is 0 Å². The molecule has 8 atom stereocenters. The third kappa shape index (κ3) is 3.06. The van der Waals surface area contributed by atoms with E-state index < -0.39 is 23.0 Å². The summed E-state index contributed by atoms with van der Waals surface area (Å²) in [7, 11) is 1.41. The zero-order valence-corrected chi connectivity index (χ0v) is 20.0. The Balaban J connectivity index is 1.66. The smallest absolute Gasteiger partial charge is 0.309 e. The van der Waals surface area contributed by atoms with Gasteiger partial charge in [-0.05, 0) is 61.9 Å². The monoisotopic (exact) mass is 458 g/mol. The lowest BCUT2D eigenvalue weighted by Gasteiger charge is -2.62. The van der Waals surface area contributed by atoms with E-state index in [1.165, 1.54) is 14.0 Å². The van der Waals surface area contributed by atoms with Crippen molar-refractivity contribution in [3.63, 3.8) is 0 Å². The second-order valence-electron chi connectivity index (χ2n) is 11.4. The van der Waals surface area contributed by atoms with E-state index in [-0.39, 0.29) is 46.9 Å². The molecule has 1 heterocycles. The molecule has 0 aromatic heterocycles. The molecule has 5 rings (SSSR count). The predicted octanol–water partition coefficient (Wildman–Crippen LogP) is 3.53. The number of hydrogen-bond donors (Lipinski definition) is 0. The molecule has 0 amide bonds. The molecule has 1 spiro atoms. The van der Waals surface area contributed by atoms with Gasteiger partial charge in [-0.1, -0.05) is 19.4 Å². The Kier molecular flexibility index (Phi) is 5.07. The van der Waals surface area contributed by atoms with Crippen molar-refractivity contribution in [2.24, 2.45) is 34.5 Å². The summed E-state index contributed by atoms with van der Waals surface area (Å²) in [5.41, 5.74) is -0.309. The third-order valence-electron chi connectivity index (χ3n) is 10.1. The van der Waals surface area contributed by atoms with Crippen LogP contribution in [0.3, 0.4) is 0 Å². The first-order chi connectivity index (χ1) is 15.5. The van der Waals surface area contributed by atoms with Gasteiger partial charge in [-0.3, -0.25) is 19.2 Å². The van der Waals surface area contributed by atoms with Crippen LogP contribution in [0.15, 0.2) is 11.6 Å². The number of ether oxygens (including phenoxy) is 3. The molecule has 0 radical (unpaired) electrons. The molecule has 5 aliphatic rings. The molecule has 7 heteroatoms. The van der Waals surface area contributed by atoms with Crippen molar-refractivity contribution in [2.75, 3.05) is 7.11 Å². The Labute approximate surface area is 194 Å². The largest absolute Gasteiger partial charge is 0.469 e. The number of ketones is 1. The van der Waals surface area contributed by atoms with Gasteiger partial charge in [-0.2, -0.15) is 0 Å². The lowest BCUT2D eigenvalue weighted by molar-refractivity contribution is -0.207. The van der Waals surface area contributed by atoms with Gasteiger partial charge < -0.3 is 14.2 Å². The van der Waals surface area contributed by atoms with Gasteiger partial charge in [0.15, 0.2) is 5.78 Å². The van der Waals surface area contributed by atoms with Crippen LogP contribution >= 0.6 is 0 Å². The Morgan fingerprint density at radius 1 is 1.12 bits per heavy atom. The first-order valence-corrected chi connectivity index (χ1v) is 12.3. The number of carbonyl (C=O) groups is 4. The molecule has 0 aromatic rings. The Bertz CT molecular complexity index is 952. The van der Waals surface area contributed by atoms with Crippen molar-refractivity contribution < 1.29 is 33.4 Å². The predicted molar refractivity (Wildman–Crippen MR) is 117 cm³/mol. The Hall–Kier alpha value is -2.18. The summed E-state index contributed by atoms with van der Waals surface area (Å²) in [5, 5.41) is 0. The first kappa shape index (κ1) is 22.6. The Morgan fingerprint density at radius 2 is 1.88 bits per heavy atom. The molecule has 4 fully saturated rings. The van der Waals surface area contributed by atoms with Crippen molar-refractivity contribution in [1.29, 1.82) is 0 Å². The minimum absolute atomic E-state index is 0.0745. The second kappa shape index (κ2) is 7.41. The van der Waals surface area contributed by atoms with Crippen LogP contribution in [0.1, 0.15) is 72.1 Å². The fraction of sp³-hybridized carbons (Fsp3) is 0.769. The number of methoxy groups -OCH3 is 1. The van der Waals surface area contributed by atoms with Crippen LogP contribution in [0.2, 0.25) is 0 Å². The summed E-state index contributed by atoms with van der Waals surface area (Å²) in [6.07, 6.45) is 6.24. The number of rotatable bonds is 2. The molecule has 180 valence electrons. The molecule has 7 nitrogen and oxygen atoms in total. The molecule has 3 saturated carbocycles. The fourth-order valence-electron chi connectivity index (χ4n) is 8.64. The SMILES string of the molecule is COC(=O)[C@@H]1CC2=CC(=O)CCC2(C)[C@@H]2C1C1CCC3(CCC(=O)O3)C1(C)C[C@H]2OC(C)=O. The van der Waals surface area contributed by atoms with Crippen LogP contribution in [-0.4, -0.2) is 42.5 Å². The normalized spacial score (nSPS) is 46.1. The van der Waals surface area contributed by atoms with E-state index >= 15 is 0 Å². The van der Waals surface area contributed by atoms with Crippen LogP contribution in [0.5, 0.6) is 0 Å². The maximum atomic E-state index is 13.1. The van der Waals surface area contributed by atoms with Crippen molar-refractivity contribution in [3.8, 4) is 0 Å². The lowest BCUT2D eigenvalue weighted by atomic mass is 9.43. The van der Waals surface area contributed by atoms with Crippen molar-refractivity contribution >= 4 is 23.7 Å². The van der Waals surface area contributed by atoms with Crippen molar-refractivity contribution in [2.45, 2.75) is 83.8 Å². The minimum Gasteiger partial charge on any atom is -0.469 e. The van der Waals surface area contributed by atoms with Gasteiger partial charge in [0, 0.05) is 31.1 Å². The van der Waals surface area contributed by atoms with E-state index in [9.17, 15) is 19.2 Å². The van der Waals surface area contributed by atoms with Crippen molar-refractivity contribution in [1.82, 2.24) is 0 Å². The summed E-state index contributed by atoms with van der Waals surface area (Å²) in [6, 6.07) is 0. The van der Waals surface area contributed by atoms with Gasteiger partial charge >= 0.3 is 17.9 Å². The zero-order chi connectivity index (χ0) is 23.8. The van der Waals surface area contributed by atoms with Gasteiger partial charge in [0.05, 0.1) is 13.0 Å². The average molecular weight is 459 g/mol. The van der Waals surface area contributed by atoms with Gasteiger partial charge in [0.1, 0.15) is 11.7 Å². The summed E-state index contributed by atoms with van der Waals surface area (Å²) in [4.78, 5) is 50.0. The molecule has 4 aliphatic carbocycles. The zero-order valence-electron chi connectivity index (χ0n) is 20.0. The molecule has 0 aromatic carbocycles. The number of fused-ring (bicyclic) bond motifs is 6. The highest BCUT2D eigenvalue weighted by Gasteiger charge is 2.71. The van der Waals surface area contributed by atoms with Gasteiger partial charge in [0.25, 0.3) is 0 Å². The Morgan fingerprint density at radius 3 is 2.52 bits per heavy atom. The minimum atomic E-state index is -0.571. The van der Waals surface area contributed by atoms with E-state index in [1.807, 2.05) is 0 Å². The van der Waals surface area contributed by atoms with Gasteiger partial charge in [-0.15, -0.1) is 0 Å². The topological polar surface area (TPSA) is 96.0 Å². The average Bonchev–Trinajstić information content (AvgIpc) is 3.27. The summed E-state index contributed by atoms with van der Waals surface area (Å²) < 4.78 is 17.3. The van der Waals surface area contributed by atoms with E-state index in [0.29, 0.717) is 38.5 Å². The first-order valence-electron chi connectivity index (χ1n) is 12.3. The number of hydrogen-bond acceptors (Lipinski definition) is 7. The number of allylic oxidation sites excluding steroid dienone is 1. The molecule has 33 heavy (non-hydrogen) atoms. The molecule has 0 bridgehead atoms. The van der Waals surface area contributed by atoms with Crippen LogP contribution in [0.25, 0.3) is 0 Å². The highest BCUT2D eigenvalue weighted by molar-refractivity contribution is 5.92. The third-order valence-corrected chi connectivity index (χ3v) is 10.1. The molecule has 5 unspecified atom stereocenters. The van der Waals surface area contributed by atoms with Crippen LogP contribution in [-0.2, 0) is 33.4 Å². The summed E-state index contributed by atoms with van der Waals surface area (Å²) in [5.74, 6) is -1.15. The molecular weight excluding hydrogens is 424 g/mol. The maximum absolute atomic E-state index is 13.1. The summed E-state index contributed by atoms with van der Waals surface area (Å²) >= 11 is 0. The number of esters is 3. The van der Waals surface area contributed by atoms with E-state index in [2.05, 4.69) is 13.8 Å². The van der Waals surface area contributed by atoms with Crippen LogP contribution in [0, 0.1) is 34.5 Å². The van der Waals surface area contributed by atoms with Crippen LogP contribution < -0.4 is 0 Å². The molecule has 0 N–H and O–H groups in total. The van der Waals surface area contributed by atoms with Crippen LogP contribution in [0.4, 0.5) is 0 Å². The van der Waals surface area contributed by atoms with E-state index in [4.69, 9.17) is 14.2 Å². The quantitative estimate of drug-likeness (QED) is 0.461. The lowest BCUT2D eigenvalue weighted by Crippen LogP contribution is -2.63. The van der Waals surface area contributed by atoms with Gasteiger partial charge in [-0.25, -0.2) is 0 Å². The number of carbonyl (C=O) groups excluding carboxylic acids is 4. The molecular formula is C26H34O7. The summed E-state index contributed by atoms with van der Waals surface area (Å²) in [6.45, 7) is 5.77. The molecule has 1 saturated heterocycles. The fourth-order valence-corrected chi connectivity index (χ4v) is 8.64. The van der Waals surface area contributed by atoms with E-state index in [1.54, 1.807) is 6.08 Å². The molecule has 1 aliphatic heterocycles. The van der Waals surface area contributed by atoms with Crippen molar-refractivity contribution in [3.05, 3.63) is 11.6 Å². The maximum Gasteiger partial charge on any atom is 0.309 e. The van der Waals surface area contributed by atoms with E-state index in [0.717, 1.165) is 18.4 Å². The second-order valence-corrected chi connectivity index (χ2v) is 11.4.